The van der Waals surface area contributed by atoms with Crippen molar-refractivity contribution in [1.29, 1.82) is 0 Å². The number of benzene rings is 3. The van der Waals surface area contributed by atoms with Crippen LogP contribution in [-0.2, 0) is 9.05 Å². The van der Waals surface area contributed by atoms with Crippen molar-refractivity contribution in [2.75, 3.05) is 0 Å². The predicted octanol–water partition coefficient (Wildman–Crippen LogP) is 5.42. The summed E-state index contributed by atoms with van der Waals surface area (Å²) in [7, 11) is -6.02. The van der Waals surface area contributed by atoms with Crippen LogP contribution in [0.2, 0.25) is 0 Å². The Bertz CT molecular complexity index is 824. The topological polar surface area (TPSA) is 18.5 Å². The zero-order valence-electron chi connectivity index (χ0n) is 14.7. The standard InChI is InChI=1S/C20H15F6O2P/c21-19(22,23)27-29(28-20(24,25)26,16-10-4-1-5-11-16,17-12-6-2-7-13-17)18-14-8-3-9-15-18/h1-15H. The second-order valence-electron chi connectivity index (χ2n) is 6.04. The molecule has 3 aromatic rings. The molecule has 0 atom stereocenters. The molecule has 3 aromatic carbocycles. The summed E-state index contributed by atoms with van der Waals surface area (Å²) in [5, 5.41) is -1.11. The molecular weight excluding hydrogens is 417 g/mol. The molecule has 0 amide bonds. The molecule has 0 saturated carbocycles. The van der Waals surface area contributed by atoms with Gasteiger partial charge in [-0.25, -0.2) is 0 Å². The number of rotatable bonds is 5. The third kappa shape index (κ3) is 4.01. The first-order valence-corrected chi connectivity index (χ1v) is 10.4. The van der Waals surface area contributed by atoms with E-state index in [1.807, 2.05) is 0 Å². The van der Waals surface area contributed by atoms with Gasteiger partial charge in [0.2, 0.25) is 0 Å². The van der Waals surface area contributed by atoms with Gasteiger partial charge in [-0.15, -0.1) is 0 Å². The molecule has 0 unspecified atom stereocenters. The summed E-state index contributed by atoms with van der Waals surface area (Å²) >= 11 is 0. The number of hydrogen-bond donors (Lipinski definition) is 0. The Kier molecular flexibility index (Phi) is 5.47. The minimum atomic E-state index is -6.02. The van der Waals surface area contributed by atoms with Gasteiger partial charge in [0.1, 0.15) is 0 Å². The number of halogens is 6. The zero-order valence-corrected chi connectivity index (χ0v) is 15.6. The van der Waals surface area contributed by atoms with Crippen LogP contribution in [0.4, 0.5) is 26.3 Å². The first-order valence-electron chi connectivity index (χ1n) is 8.31. The Labute approximate surface area is 162 Å². The van der Waals surface area contributed by atoms with Gasteiger partial charge in [-0.2, -0.15) is 0 Å². The van der Waals surface area contributed by atoms with Crippen LogP contribution in [0.5, 0.6) is 0 Å². The molecule has 0 bridgehead atoms. The van der Waals surface area contributed by atoms with Gasteiger partial charge in [0.05, 0.1) is 0 Å². The van der Waals surface area contributed by atoms with Crippen molar-refractivity contribution < 1.29 is 35.4 Å². The van der Waals surface area contributed by atoms with Gasteiger partial charge in [0.15, 0.2) is 0 Å². The van der Waals surface area contributed by atoms with Gasteiger partial charge in [0, 0.05) is 0 Å². The first kappa shape index (κ1) is 21.3. The molecular formula is C20H15F6O2P. The summed E-state index contributed by atoms with van der Waals surface area (Å²) in [6, 6.07) is 19.3. The molecule has 0 aliphatic rings. The van der Waals surface area contributed by atoms with Gasteiger partial charge < -0.3 is 0 Å². The molecule has 0 N–H and O–H groups in total. The van der Waals surface area contributed by atoms with Crippen molar-refractivity contribution in [3.63, 3.8) is 0 Å². The summed E-state index contributed by atoms with van der Waals surface area (Å²) in [4.78, 5) is 0. The third-order valence-electron chi connectivity index (χ3n) is 4.23. The summed E-state index contributed by atoms with van der Waals surface area (Å²) < 4.78 is 91.8. The van der Waals surface area contributed by atoms with Crippen molar-refractivity contribution in [3.8, 4) is 0 Å². The normalized spacial score (nSPS) is 14.2. The van der Waals surface area contributed by atoms with E-state index in [0.29, 0.717) is 0 Å². The molecule has 9 heteroatoms. The summed E-state index contributed by atoms with van der Waals surface area (Å²) in [6.45, 7) is 0. The van der Waals surface area contributed by atoms with E-state index >= 15 is 0 Å². The second-order valence-corrected chi connectivity index (χ2v) is 9.87. The van der Waals surface area contributed by atoms with Crippen LogP contribution in [0.1, 0.15) is 0 Å². The third-order valence-corrected chi connectivity index (χ3v) is 9.05. The zero-order chi connectivity index (χ0) is 21.2. The van der Waals surface area contributed by atoms with Crippen molar-refractivity contribution >= 4 is 23.0 Å². The number of alkyl halides is 6. The second kappa shape index (κ2) is 7.44. The SMILES string of the molecule is FC(F)(F)OP(OC(F)(F)F)(c1ccccc1)(c1ccccc1)c1ccccc1. The Morgan fingerprint density at radius 1 is 0.448 bits per heavy atom. The molecule has 0 aliphatic heterocycles. The summed E-state index contributed by atoms with van der Waals surface area (Å²) in [6.07, 6.45) is -10.9. The molecule has 29 heavy (non-hydrogen) atoms. The van der Waals surface area contributed by atoms with Crippen LogP contribution in [0.25, 0.3) is 0 Å². The van der Waals surface area contributed by atoms with E-state index in [0.717, 1.165) is 36.4 Å². The number of hydrogen-bond acceptors (Lipinski definition) is 2. The summed E-state index contributed by atoms with van der Waals surface area (Å²) in [5.74, 6) is 0. The van der Waals surface area contributed by atoms with Crippen LogP contribution in [0.15, 0.2) is 91.0 Å². The summed E-state index contributed by atoms with van der Waals surface area (Å²) in [5.41, 5.74) is 0. The van der Waals surface area contributed by atoms with Crippen LogP contribution < -0.4 is 15.9 Å². The van der Waals surface area contributed by atoms with E-state index in [-0.39, 0.29) is 15.9 Å². The van der Waals surface area contributed by atoms with Crippen molar-refractivity contribution in [2.24, 2.45) is 0 Å². The van der Waals surface area contributed by atoms with Crippen LogP contribution in [-0.4, -0.2) is 12.7 Å². The quantitative estimate of drug-likeness (QED) is 0.396. The minimum absolute atomic E-state index is 0.370. The van der Waals surface area contributed by atoms with Gasteiger partial charge in [-0.05, 0) is 0 Å². The molecule has 2 nitrogen and oxygen atoms in total. The molecule has 0 aromatic heterocycles. The van der Waals surface area contributed by atoms with Gasteiger partial charge in [-0.1, -0.05) is 0 Å². The van der Waals surface area contributed by atoms with Crippen molar-refractivity contribution in [3.05, 3.63) is 91.0 Å². The fourth-order valence-electron chi connectivity index (χ4n) is 3.27. The van der Waals surface area contributed by atoms with Gasteiger partial charge in [-0.3, -0.25) is 0 Å². The van der Waals surface area contributed by atoms with E-state index in [9.17, 15) is 26.3 Å². The molecule has 0 radical (unpaired) electrons. The monoisotopic (exact) mass is 432 g/mol. The van der Waals surface area contributed by atoms with E-state index in [1.54, 1.807) is 0 Å². The fourth-order valence-corrected chi connectivity index (χ4v) is 7.77. The van der Waals surface area contributed by atoms with Gasteiger partial charge >= 0.3 is 162 Å². The van der Waals surface area contributed by atoms with E-state index in [2.05, 4.69) is 9.05 Å². The predicted molar refractivity (Wildman–Crippen MR) is 99.4 cm³/mol. The molecule has 0 heterocycles. The molecule has 3 rings (SSSR count). The molecule has 154 valence electrons. The average Bonchev–Trinajstić information content (AvgIpc) is 2.67. The Morgan fingerprint density at radius 2 is 0.690 bits per heavy atom. The van der Waals surface area contributed by atoms with Crippen molar-refractivity contribution in [2.45, 2.75) is 12.7 Å². The Hall–Kier alpha value is -2.41. The van der Waals surface area contributed by atoms with E-state index in [1.165, 1.54) is 54.6 Å². The fraction of sp³-hybridized carbons (Fsp3) is 0.100. The average molecular weight is 432 g/mol. The van der Waals surface area contributed by atoms with Crippen molar-refractivity contribution in [1.82, 2.24) is 0 Å². The Morgan fingerprint density at radius 3 is 0.897 bits per heavy atom. The van der Waals surface area contributed by atoms with Gasteiger partial charge in [0.25, 0.3) is 0 Å². The van der Waals surface area contributed by atoms with E-state index < -0.39 is 19.8 Å². The van der Waals surface area contributed by atoms with Crippen LogP contribution in [0.3, 0.4) is 0 Å². The molecule has 0 aliphatic carbocycles. The van der Waals surface area contributed by atoms with E-state index in [4.69, 9.17) is 0 Å². The molecule has 0 saturated heterocycles. The van der Waals surface area contributed by atoms with Crippen LogP contribution >= 0.6 is 7.06 Å². The molecule has 0 fully saturated rings. The van der Waals surface area contributed by atoms with Crippen LogP contribution in [0, 0.1) is 0 Å². The Balaban J connectivity index is 2.58. The maximum absolute atomic E-state index is 13.8. The first-order chi connectivity index (χ1) is 13.6. The maximum atomic E-state index is 13.8. The molecule has 0 spiro atoms.